The van der Waals surface area contributed by atoms with E-state index in [9.17, 15) is 9.90 Å². The molecule has 0 saturated carbocycles. The summed E-state index contributed by atoms with van der Waals surface area (Å²) in [5.74, 6) is 0.622. The molecule has 1 fully saturated rings. The van der Waals surface area contributed by atoms with Gasteiger partial charge in [-0.05, 0) is 31.8 Å². The average Bonchev–Trinajstić information content (AvgIpc) is 2.87. The number of hydrogen-bond donors (Lipinski definition) is 2. The van der Waals surface area contributed by atoms with E-state index in [-0.39, 0.29) is 11.3 Å². The number of carbonyl (C=O) groups is 1. The highest BCUT2D eigenvalue weighted by atomic mass is 16.5. The molecule has 1 amide bonds. The van der Waals surface area contributed by atoms with Crippen LogP contribution in [0.2, 0.25) is 0 Å². The smallest absolute Gasteiger partial charge is 0.246 e. The van der Waals surface area contributed by atoms with E-state index in [2.05, 4.69) is 15.0 Å². The molecule has 3 N–H and O–H groups in total. The summed E-state index contributed by atoms with van der Waals surface area (Å²) in [6.45, 7) is 8.28. The quantitative estimate of drug-likeness (QED) is 0.834. The lowest BCUT2D eigenvalue weighted by Gasteiger charge is -2.32. The molecule has 118 valence electrons. The molecule has 7 heteroatoms. The first kappa shape index (κ1) is 15.9. The number of primary amides is 1. The van der Waals surface area contributed by atoms with Crippen LogP contribution in [0, 0.1) is 5.92 Å². The van der Waals surface area contributed by atoms with Crippen LogP contribution >= 0.6 is 0 Å². The number of aliphatic hydroxyl groups excluding tert-OH is 1. The lowest BCUT2D eigenvalue weighted by molar-refractivity contribution is -0.129. The summed E-state index contributed by atoms with van der Waals surface area (Å²) >= 11 is 0. The third-order valence-corrected chi connectivity index (χ3v) is 3.87. The van der Waals surface area contributed by atoms with E-state index in [1.807, 2.05) is 20.8 Å². The summed E-state index contributed by atoms with van der Waals surface area (Å²) in [6.07, 6.45) is 0.442. The summed E-state index contributed by atoms with van der Waals surface area (Å²) in [7, 11) is 0. The summed E-state index contributed by atoms with van der Waals surface area (Å²) in [6, 6.07) is 0. The molecule has 0 bridgehead atoms. The van der Waals surface area contributed by atoms with Crippen LogP contribution in [0.3, 0.4) is 0 Å². The first-order valence-corrected chi connectivity index (χ1v) is 7.30. The van der Waals surface area contributed by atoms with Crippen LogP contribution in [-0.4, -0.2) is 45.2 Å². The molecule has 7 nitrogen and oxygen atoms in total. The fourth-order valence-electron chi connectivity index (χ4n) is 2.47. The topological polar surface area (TPSA) is 105 Å². The minimum absolute atomic E-state index is 0.0495. The van der Waals surface area contributed by atoms with Crippen molar-refractivity contribution in [3.05, 3.63) is 11.7 Å². The Morgan fingerprint density at radius 3 is 2.57 bits per heavy atom. The van der Waals surface area contributed by atoms with Gasteiger partial charge in [-0.15, -0.1) is 0 Å². The number of aromatic nitrogens is 2. The number of carbonyl (C=O) groups excluding carboxylic acids is 1. The van der Waals surface area contributed by atoms with Crippen LogP contribution in [0.5, 0.6) is 0 Å². The molecule has 0 radical (unpaired) electrons. The Morgan fingerprint density at radius 2 is 2.10 bits per heavy atom. The molecule has 0 aromatic carbocycles. The molecule has 21 heavy (non-hydrogen) atoms. The van der Waals surface area contributed by atoms with E-state index in [0.717, 1.165) is 25.9 Å². The monoisotopic (exact) mass is 296 g/mol. The van der Waals surface area contributed by atoms with Crippen LogP contribution in [0.25, 0.3) is 0 Å². The van der Waals surface area contributed by atoms with Gasteiger partial charge in [0.1, 0.15) is 6.10 Å². The molecule has 1 aromatic rings. The van der Waals surface area contributed by atoms with Gasteiger partial charge < -0.3 is 15.4 Å². The van der Waals surface area contributed by atoms with Crippen molar-refractivity contribution in [2.75, 3.05) is 13.1 Å². The van der Waals surface area contributed by atoms with Gasteiger partial charge in [0.2, 0.25) is 11.8 Å². The van der Waals surface area contributed by atoms with Crippen molar-refractivity contribution in [3.8, 4) is 0 Å². The van der Waals surface area contributed by atoms with Crippen LogP contribution in [-0.2, 0) is 16.8 Å². The zero-order valence-corrected chi connectivity index (χ0v) is 12.9. The van der Waals surface area contributed by atoms with Gasteiger partial charge in [-0.2, -0.15) is 4.98 Å². The number of nitrogens with zero attached hydrogens (tertiary/aromatic N) is 3. The maximum absolute atomic E-state index is 11.0. The lowest BCUT2D eigenvalue weighted by atomic mass is 9.91. The Labute approximate surface area is 124 Å². The Morgan fingerprint density at radius 1 is 1.48 bits per heavy atom. The largest absolute Gasteiger partial charge is 0.383 e. The normalized spacial score (nSPS) is 19.6. The van der Waals surface area contributed by atoms with Gasteiger partial charge in [-0.1, -0.05) is 25.9 Å². The molecular formula is C14H24N4O3. The Bertz CT molecular complexity index is 487. The van der Waals surface area contributed by atoms with E-state index in [1.165, 1.54) is 0 Å². The molecule has 2 rings (SSSR count). The fourth-order valence-corrected chi connectivity index (χ4v) is 2.47. The maximum atomic E-state index is 11.0. The number of hydrogen-bond acceptors (Lipinski definition) is 6. The van der Waals surface area contributed by atoms with Crippen LogP contribution in [0.1, 0.15) is 45.3 Å². The molecule has 2 heterocycles. The molecule has 0 spiro atoms. The highest BCUT2D eigenvalue weighted by Crippen LogP contribution is 2.23. The molecule has 1 aliphatic rings. The van der Waals surface area contributed by atoms with E-state index in [0.29, 0.717) is 18.3 Å². The second kappa shape index (κ2) is 6.11. The first-order chi connectivity index (χ1) is 9.77. The van der Waals surface area contributed by atoms with E-state index in [1.54, 1.807) is 0 Å². The number of rotatable bonds is 4. The highest BCUT2D eigenvalue weighted by molar-refractivity contribution is 5.78. The van der Waals surface area contributed by atoms with Crippen LogP contribution in [0.4, 0.5) is 0 Å². The predicted octanol–water partition coefficient (Wildman–Crippen LogP) is 0.425. The van der Waals surface area contributed by atoms with Crippen molar-refractivity contribution < 1.29 is 14.4 Å². The lowest BCUT2D eigenvalue weighted by Crippen LogP contribution is -2.42. The second-order valence-electron chi connectivity index (χ2n) is 6.72. The fraction of sp³-hybridized carbons (Fsp3) is 0.786. The van der Waals surface area contributed by atoms with Crippen LogP contribution in [0.15, 0.2) is 4.52 Å². The van der Waals surface area contributed by atoms with Gasteiger partial charge in [-0.3, -0.25) is 9.69 Å². The Kier molecular flexibility index (Phi) is 4.63. The van der Waals surface area contributed by atoms with Gasteiger partial charge in [0.25, 0.3) is 0 Å². The first-order valence-electron chi connectivity index (χ1n) is 7.30. The Balaban J connectivity index is 1.86. The predicted molar refractivity (Wildman–Crippen MR) is 76.2 cm³/mol. The van der Waals surface area contributed by atoms with Crippen LogP contribution < -0.4 is 5.73 Å². The van der Waals surface area contributed by atoms with Gasteiger partial charge in [-0.25, -0.2) is 0 Å². The van der Waals surface area contributed by atoms with Gasteiger partial charge >= 0.3 is 0 Å². The van der Waals surface area contributed by atoms with E-state index < -0.39 is 12.0 Å². The van der Waals surface area contributed by atoms with Gasteiger partial charge in [0, 0.05) is 5.41 Å². The van der Waals surface area contributed by atoms with Crippen molar-refractivity contribution >= 4 is 5.91 Å². The summed E-state index contributed by atoms with van der Waals surface area (Å²) < 4.78 is 5.28. The second-order valence-corrected chi connectivity index (χ2v) is 6.72. The zero-order chi connectivity index (χ0) is 15.6. The third kappa shape index (κ3) is 4.01. The van der Waals surface area contributed by atoms with Crippen molar-refractivity contribution in [1.29, 1.82) is 0 Å². The molecule has 1 aromatic heterocycles. The van der Waals surface area contributed by atoms with Crippen molar-refractivity contribution in [1.82, 2.24) is 15.0 Å². The molecule has 1 atom stereocenters. The molecular weight excluding hydrogens is 272 g/mol. The number of piperidine rings is 1. The molecule has 1 aliphatic heterocycles. The van der Waals surface area contributed by atoms with Crippen molar-refractivity contribution in [3.63, 3.8) is 0 Å². The summed E-state index contributed by atoms with van der Waals surface area (Å²) in [4.78, 5) is 17.6. The standard InChI is InChI=1S/C14H24N4O3/c1-14(2,3)13-16-10(21-17-13)8-18-6-4-9(5-7-18)11(19)12(15)20/h9,11,19H,4-8H2,1-3H3,(H2,15,20). The molecule has 0 aliphatic carbocycles. The third-order valence-electron chi connectivity index (χ3n) is 3.87. The Hall–Kier alpha value is -1.47. The minimum Gasteiger partial charge on any atom is -0.383 e. The van der Waals surface area contributed by atoms with Gasteiger partial charge in [0.15, 0.2) is 5.82 Å². The molecule has 1 saturated heterocycles. The number of nitrogens with two attached hydrogens (primary N) is 1. The average molecular weight is 296 g/mol. The number of likely N-dealkylation sites (tertiary alicyclic amines) is 1. The van der Waals surface area contributed by atoms with Crippen molar-refractivity contribution in [2.45, 2.75) is 51.7 Å². The molecule has 1 unspecified atom stereocenters. The SMILES string of the molecule is CC(C)(C)c1noc(CN2CCC(C(O)C(N)=O)CC2)n1. The highest BCUT2D eigenvalue weighted by Gasteiger charge is 2.29. The number of amides is 1. The summed E-state index contributed by atoms with van der Waals surface area (Å²) in [5, 5.41) is 13.7. The van der Waals surface area contributed by atoms with Gasteiger partial charge in [0.05, 0.1) is 6.54 Å². The van der Waals surface area contributed by atoms with E-state index in [4.69, 9.17) is 10.3 Å². The number of aliphatic hydroxyl groups is 1. The van der Waals surface area contributed by atoms with Crippen molar-refractivity contribution in [2.24, 2.45) is 11.7 Å². The summed E-state index contributed by atoms with van der Waals surface area (Å²) in [5.41, 5.74) is 5.01. The minimum atomic E-state index is -1.04. The van der Waals surface area contributed by atoms with E-state index >= 15 is 0 Å². The zero-order valence-electron chi connectivity index (χ0n) is 12.9. The maximum Gasteiger partial charge on any atom is 0.246 e.